The lowest BCUT2D eigenvalue weighted by atomic mass is 9.88. The molecular formula is C17H26N2O. The van der Waals surface area contributed by atoms with Crippen LogP contribution >= 0.6 is 0 Å². The second kappa shape index (κ2) is 5.38. The fraction of sp³-hybridized carbons (Fsp3) is 0.647. The average molecular weight is 274 g/mol. The van der Waals surface area contributed by atoms with Crippen LogP contribution in [0.2, 0.25) is 0 Å². The standard InChI is InChI=1S/C17H26N2O/c1-17(2)11-15(14-8-4-5-9-16(14)20-17)19(3)12-13-7-6-10-18-13/h4-5,8-9,13,15,18H,6-7,10-12H2,1-3H3. The van der Waals surface area contributed by atoms with Crippen LogP contribution in [0.25, 0.3) is 0 Å². The number of para-hydroxylation sites is 1. The molecule has 0 amide bonds. The lowest BCUT2D eigenvalue weighted by molar-refractivity contribution is 0.0354. The van der Waals surface area contributed by atoms with E-state index in [9.17, 15) is 0 Å². The lowest BCUT2D eigenvalue weighted by Gasteiger charge is -2.42. The molecule has 3 rings (SSSR count). The van der Waals surface area contributed by atoms with Crippen molar-refractivity contribution in [2.24, 2.45) is 0 Å². The number of nitrogens with zero attached hydrogens (tertiary/aromatic N) is 1. The normalized spacial score (nSPS) is 28.2. The Labute approximate surface area is 122 Å². The summed E-state index contributed by atoms with van der Waals surface area (Å²) in [5.41, 5.74) is 1.25. The minimum Gasteiger partial charge on any atom is -0.487 e. The van der Waals surface area contributed by atoms with Crippen LogP contribution in [-0.4, -0.2) is 36.7 Å². The van der Waals surface area contributed by atoms with Crippen LogP contribution < -0.4 is 10.1 Å². The molecule has 1 N–H and O–H groups in total. The minimum absolute atomic E-state index is 0.0869. The van der Waals surface area contributed by atoms with Crippen molar-refractivity contribution in [2.75, 3.05) is 20.1 Å². The van der Waals surface area contributed by atoms with Crippen LogP contribution in [0.1, 0.15) is 44.7 Å². The number of rotatable bonds is 3. The first-order valence-corrected chi connectivity index (χ1v) is 7.77. The first kappa shape index (κ1) is 13.9. The second-order valence-electron chi connectivity index (χ2n) is 6.85. The summed E-state index contributed by atoms with van der Waals surface area (Å²) in [6.07, 6.45) is 3.67. The van der Waals surface area contributed by atoms with Gasteiger partial charge in [0.1, 0.15) is 11.4 Å². The smallest absolute Gasteiger partial charge is 0.124 e. The maximum absolute atomic E-state index is 6.13. The Morgan fingerprint density at radius 3 is 2.90 bits per heavy atom. The van der Waals surface area contributed by atoms with Crippen molar-refractivity contribution in [1.82, 2.24) is 10.2 Å². The van der Waals surface area contributed by atoms with Gasteiger partial charge in [-0.1, -0.05) is 18.2 Å². The van der Waals surface area contributed by atoms with Crippen molar-refractivity contribution in [2.45, 2.75) is 50.8 Å². The van der Waals surface area contributed by atoms with E-state index in [0.29, 0.717) is 12.1 Å². The zero-order valence-corrected chi connectivity index (χ0v) is 12.9. The molecule has 2 heterocycles. The quantitative estimate of drug-likeness (QED) is 0.917. The number of ether oxygens (including phenoxy) is 1. The van der Waals surface area contributed by atoms with Crippen LogP contribution in [0, 0.1) is 0 Å². The van der Waals surface area contributed by atoms with Gasteiger partial charge in [0.2, 0.25) is 0 Å². The highest BCUT2D eigenvalue weighted by atomic mass is 16.5. The lowest BCUT2D eigenvalue weighted by Crippen LogP contribution is -2.43. The Bertz CT molecular complexity index is 466. The van der Waals surface area contributed by atoms with Gasteiger partial charge < -0.3 is 10.1 Å². The molecule has 0 aliphatic carbocycles. The predicted molar refractivity (Wildman–Crippen MR) is 82.2 cm³/mol. The third kappa shape index (κ3) is 2.84. The number of hydrogen-bond donors (Lipinski definition) is 1. The van der Waals surface area contributed by atoms with Crippen molar-refractivity contribution in [3.8, 4) is 5.75 Å². The van der Waals surface area contributed by atoms with E-state index < -0.39 is 0 Å². The molecule has 2 aliphatic rings. The molecule has 2 atom stereocenters. The summed E-state index contributed by atoms with van der Waals surface area (Å²) in [5, 5.41) is 3.60. The third-order valence-corrected chi connectivity index (χ3v) is 4.55. The Kier molecular flexibility index (Phi) is 3.74. The van der Waals surface area contributed by atoms with Gasteiger partial charge in [-0.05, 0) is 46.3 Å². The van der Waals surface area contributed by atoms with Crippen LogP contribution in [0.5, 0.6) is 5.75 Å². The van der Waals surface area contributed by atoms with Gasteiger partial charge in [-0.25, -0.2) is 0 Å². The Hall–Kier alpha value is -1.06. The van der Waals surface area contributed by atoms with E-state index in [1.54, 1.807) is 0 Å². The van der Waals surface area contributed by atoms with Gasteiger partial charge >= 0.3 is 0 Å². The minimum atomic E-state index is -0.0869. The van der Waals surface area contributed by atoms with Crippen LogP contribution in [-0.2, 0) is 0 Å². The Morgan fingerprint density at radius 2 is 2.15 bits per heavy atom. The first-order chi connectivity index (χ1) is 9.55. The summed E-state index contributed by atoms with van der Waals surface area (Å²) in [4.78, 5) is 2.51. The summed E-state index contributed by atoms with van der Waals surface area (Å²) >= 11 is 0. The number of likely N-dealkylation sites (N-methyl/N-ethyl adjacent to an activating group) is 1. The molecule has 0 bridgehead atoms. The highest BCUT2D eigenvalue weighted by molar-refractivity contribution is 5.38. The summed E-state index contributed by atoms with van der Waals surface area (Å²) < 4.78 is 6.13. The van der Waals surface area contributed by atoms with Crippen molar-refractivity contribution in [1.29, 1.82) is 0 Å². The van der Waals surface area contributed by atoms with Gasteiger partial charge in [-0.3, -0.25) is 4.90 Å². The van der Waals surface area contributed by atoms with Gasteiger partial charge in [0.15, 0.2) is 0 Å². The van der Waals surface area contributed by atoms with E-state index in [1.807, 2.05) is 0 Å². The largest absolute Gasteiger partial charge is 0.487 e. The maximum Gasteiger partial charge on any atom is 0.124 e. The van der Waals surface area contributed by atoms with Crippen LogP contribution in [0.4, 0.5) is 0 Å². The summed E-state index contributed by atoms with van der Waals surface area (Å²) in [6.45, 7) is 6.68. The fourth-order valence-electron chi connectivity index (χ4n) is 3.54. The molecule has 3 nitrogen and oxygen atoms in total. The van der Waals surface area contributed by atoms with Crippen molar-refractivity contribution in [3.63, 3.8) is 0 Å². The molecule has 0 spiro atoms. The summed E-state index contributed by atoms with van der Waals surface area (Å²) in [5.74, 6) is 1.06. The van der Waals surface area contributed by atoms with E-state index in [2.05, 4.69) is 55.4 Å². The Balaban J connectivity index is 1.80. The fourth-order valence-corrected chi connectivity index (χ4v) is 3.54. The van der Waals surface area contributed by atoms with E-state index in [4.69, 9.17) is 4.74 Å². The number of hydrogen-bond acceptors (Lipinski definition) is 3. The zero-order chi connectivity index (χ0) is 14.2. The number of fused-ring (bicyclic) bond motifs is 1. The molecule has 0 saturated carbocycles. The number of nitrogens with one attached hydrogen (secondary N) is 1. The second-order valence-corrected chi connectivity index (χ2v) is 6.85. The molecule has 1 fully saturated rings. The third-order valence-electron chi connectivity index (χ3n) is 4.55. The topological polar surface area (TPSA) is 24.5 Å². The SMILES string of the molecule is CN(CC1CCCN1)C1CC(C)(C)Oc2ccccc21. The van der Waals surface area contributed by atoms with Crippen molar-refractivity contribution in [3.05, 3.63) is 29.8 Å². The molecule has 2 unspecified atom stereocenters. The first-order valence-electron chi connectivity index (χ1n) is 7.77. The van der Waals surface area contributed by atoms with Crippen LogP contribution in [0.15, 0.2) is 24.3 Å². The number of benzene rings is 1. The van der Waals surface area contributed by atoms with Gasteiger partial charge in [0.25, 0.3) is 0 Å². The van der Waals surface area contributed by atoms with Gasteiger partial charge in [-0.15, -0.1) is 0 Å². The predicted octanol–water partition coefficient (Wildman–Crippen LogP) is 2.97. The highest BCUT2D eigenvalue weighted by Crippen LogP contribution is 2.41. The Morgan fingerprint density at radius 1 is 1.35 bits per heavy atom. The molecule has 0 aromatic heterocycles. The summed E-state index contributed by atoms with van der Waals surface area (Å²) in [7, 11) is 2.25. The highest BCUT2D eigenvalue weighted by Gasteiger charge is 2.36. The molecule has 3 heteroatoms. The molecule has 1 saturated heterocycles. The zero-order valence-electron chi connectivity index (χ0n) is 12.9. The molecule has 1 aromatic rings. The van der Waals surface area contributed by atoms with E-state index >= 15 is 0 Å². The van der Waals surface area contributed by atoms with Gasteiger partial charge in [0, 0.05) is 30.6 Å². The molecule has 1 aromatic carbocycles. The molecular weight excluding hydrogens is 248 g/mol. The average Bonchev–Trinajstić information content (AvgIpc) is 2.89. The van der Waals surface area contributed by atoms with E-state index in [1.165, 1.54) is 24.9 Å². The van der Waals surface area contributed by atoms with Crippen LogP contribution in [0.3, 0.4) is 0 Å². The van der Waals surface area contributed by atoms with E-state index in [0.717, 1.165) is 18.7 Å². The molecule has 110 valence electrons. The molecule has 2 aliphatic heterocycles. The van der Waals surface area contributed by atoms with Gasteiger partial charge in [-0.2, -0.15) is 0 Å². The summed E-state index contributed by atoms with van der Waals surface area (Å²) in [6, 6.07) is 9.61. The monoisotopic (exact) mass is 274 g/mol. The van der Waals surface area contributed by atoms with Crippen molar-refractivity contribution < 1.29 is 4.74 Å². The van der Waals surface area contributed by atoms with Crippen molar-refractivity contribution >= 4 is 0 Å². The molecule has 0 radical (unpaired) electrons. The molecule has 20 heavy (non-hydrogen) atoms. The van der Waals surface area contributed by atoms with E-state index in [-0.39, 0.29) is 5.60 Å². The van der Waals surface area contributed by atoms with Gasteiger partial charge in [0.05, 0.1) is 0 Å². The maximum atomic E-state index is 6.13.